The largest absolute Gasteiger partial charge is 0.361 e. The summed E-state index contributed by atoms with van der Waals surface area (Å²) in [5, 5.41) is 1.25. The van der Waals surface area contributed by atoms with Crippen LogP contribution in [0.3, 0.4) is 0 Å². The van der Waals surface area contributed by atoms with E-state index < -0.39 is 0 Å². The monoisotopic (exact) mass is 278 g/mol. The zero-order valence-electron chi connectivity index (χ0n) is 10.8. The Balaban J connectivity index is 1.95. The topological polar surface area (TPSA) is 19.0 Å². The summed E-state index contributed by atoms with van der Waals surface area (Å²) in [5.41, 5.74) is 4.96. The van der Waals surface area contributed by atoms with Crippen LogP contribution in [0.15, 0.2) is 60.9 Å². The van der Waals surface area contributed by atoms with E-state index in [9.17, 15) is 0 Å². The van der Waals surface area contributed by atoms with Gasteiger partial charge in [-0.15, -0.1) is 0 Å². The van der Waals surface area contributed by atoms with Gasteiger partial charge in [0.25, 0.3) is 0 Å². The molecule has 0 amide bonds. The Morgan fingerprint density at radius 2 is 1.75 bits per heavy atom. The number of benzene rings is 2. The van der Waals surface area contributed by atoms with E-state index in [4.69, 9.17) is 0 Å². The molecule has 2 nitrogen and oxygen atoms in total. The zero-order valence-corrected chi connectivity index (χ0v) is 11.7. The molecule has 3 aromatic rings. The van der Waals surface area contributed by atoms with Crippen molar-refractivity contribution in [3.05, 3.63) is 77.6 Å². The SMILES string of the molecule is SN1C=Cc2ccccc2C1c1c[nH]c2ccccc12. The van der Waals surface area contributed by atoms with Crippen LogP contribution in [0.2, 0.25) is 0 Å². The van der Waals surface area contributed by atoms with Gasteiger partial charge in [0.1, 0.15) is 0 Å². The van der Waals surface area contributed by atoms with Gasteiger partial charge in [-0.05, 0) is 23.3 Å². The second-order valence-corrected chi connectivity index (χ2v) is 5.48. The van der Waals surface area contributed by atoms with Crippen LogP contribution in [0.4, 0.5) is 0 Å². The van der Waals surface area contributed by atoms with Gasteiger partial charge in [0, 0.05) is 28.9 Å². The summed E-state index contributed by atoms with van der Waals surface area (Å²) in [6.07, 6.45) is 6.22. The third-order valence-electron chi connectivity index (χ3n) is 3.88. The van der Waals surface area contributed by atoms with Crippen molar-refractivity contribution in [2.75, 3.05) is 0 Å². The average Bonchev–Trinajstić information content (AvgIpc) is 2.91. The number of hydrogen-bond acceptors (Lipinski definition) is 2. The molecule has 0 radical (unpaired) electrons. The molecule has 4 rings (SSSR count). The number of rotatable bonds is 1. The van der Waals surface area contributed by atoms with Crippen molar-refractivity contribution in [1.82, 2.24) is 9.29 Å². The molecule has 2 heterocycles. The highest BCUT2D eigenvalue weighted by atomic mass is 32.1. The summed E-state index contributed by atoms with van der Waals surface area (Å²) in [7, 11) is 0. The molecule has 3 heteroatoms. The summed E-state index contributed by atoms with van der Waals surface area (Å²) in [6.45, 7) is 0. The lowest BCUT2D eigenvalue weighted by Gasteiger charge is -2.30. The molecule has 20 heavy (non-hydrogen) atoms. The highest BCUT2D eigenvalue weighted by Crippen LogP contribution is 2.39. The number of nitrogens with zero attached hydrogens (tertiary/aromatic N) is 1. The Kier molecular flexibility index (Phi) is 2.60. The van der Waals surface area contributed by atoms with Crippen LogP contribution in [0, 0.1) is 0 Å². The third-order valence-corrected chi connectivity index (χ3v) is 4.24. The summed E-state index contributed by atoms with van der Waals surface area (Å²) >= 11 is 4.63. The Labute approximate surface area is 123 Å². The molecular weight excluding hydrogens is 264 g/mol. The highest BCUT2D eigenvalue weighted by molar-refractivity contribution is 7.77. The van der Waals surface area contributed by atoms with E-state index >= 15 is 0 Å². The van der Waals surface area contributed by atoms with E-state index in [2.05, 4.69) is 78.6 Å². The minimum Gasteiger partial charge on any atom is -0.361 e. The van der Waals surface area contributed by atoms with Crippen molar-refractivity contribution in [2.24, 2.45) is 0 Å². The van der Waals surface area contributed by atoms with E-state index in [1.54, 1.807) is 0 Å². The van der Waals surface area contributed by atoms with Crippen molar-refractivity contribution < 1.29 is 0 Å². The Morgan fingerprint density at radius 1 is 0.950 bits per heavy atom. The second kappa shape index (κ2) is 4.46. The molecule has 1 aliphatic rings. The summed E-state index contributed by atoms with van der Waals surface area (Å²) in [4.78, 5) is 3.35. The number of thiol groups is 1. The first-order valence-corrected chi connectivity index (χ1v) is 7.05. The first-order valence-electron chi connectivity index (χ1n) is 6.65. The molecule has 0 aliphatic carbocycles. The second-order valence-electron chi connectivity index (χ2n) is 5.02. The molecular formula is C17H14N2S. The lowest BCUT2D eigenvalue weighted by atomic mass is 9.92. The quantitative estimate of drug-likeness (QED) is 0.632. The maximum absolute atomic E-state index is 4.63. The van der Waals surface area contributed by atoms with Gasteiger partial charge in [-0.2, -0.15) is 0 Å². The maximum atomic E-state index is 4.63. The number of aromatic amines is 1. The highest BCUT2D eigenvalue weighted by Gasteiger charge is 2.25. The fourth-order valence-corrected chi connectivity index (χ4v) is 3.24. The zero-order chi connectivity index (χ0) is 13.5. The summed E-state index contributed by atoms with van der Waals surface area (Å²) in [5.74, 6) is 0. The molecule has 0 saturated carbocycles. The molecule has 0 spiro atoms. The Bertz CT molecular complexity index is 803. The van der Waals surface area contributed by atoms with Crippen LogP contribution < -0.4 is 0 Å². The predicted molar refractivity (Wildman–Crippen MR) is 86.4 cm³/mol. The van der Waals surface area contributed by atoms with Crippen molar-refractivity contribution in [3.63, 3.8) is 0 Å². The van der Waals surface area contributed by atoms with Crippen LogP contribution >= 0.6 is 12.8 Å². The number of hydrogen-bond donors (Lipinski definition) is 2. The van der Waals surface area contributed by atoms with Crippen LogP contribution in [0.1, 0.15) is 22.7 Å². The van der Waals surface area contributed by atoms with E-state index in [1.165, 1.54) is 22.1 Å². The van der Waals surface area contributed by atoms with Crippen molar-refractivity contribution in [1.29, 1.82) is 0 Å². The minimum atomic E-state index is 0.135. The molecule has 0 fully saturated rings. The number of para-hydroxylation sites is 1. The smallest absolute Gasteiger partial charge is 0.0923 e. The predicted octanol–water partition coefficient (Wildman–Crippen LogP) is 4.39. The molecule has 1 N–H and O–H groups in total. The molecule has 0 bridgehead atoms. The molecule has 1 aliphatic heterocycles. The lowest BCUT2D eigenvalue weighted by Crippen LogP contribution is -2.19. The lowest BCUT2D eigenvalue weighted by molar-refractivity contribution is 0.529. The van der Waals surface area contributed by atoms with E-state index in [0.29, 0.717) is 0 Å². The van der Waals surface area contributed by atoms with Gasteiger partial charge in [-0.3, -0.25) is 0 Å². The first-order chi connectivity index (χ1) is 9.84. The van der Waals surface area contributed by atoms with Crippen LogP contribution in [-0.2, 0) is 0 Å². The van der Waals surface area contributed by atoms with E-state index in [0.717, 1.165) is 5.52 Å². The number of nitrogens with one attached hydrogen (secondary N) is 1. The standard InChI is InChI=1S/C17H14N2S/c20-19-10-9-12-5-1-2-6-13(12)17(19)15-11-18-16-8-4-3-7-14(15)16/h1-11,17-18,20H. The first kappa shape index (κ1) is 11.7. The molecule has 0 saturated heterocycles. The fourth-order valence-electron chi connectivity index (χ4n) is 2.93. The van der Waals surface area contributed by atoms with Gasteiger partial charge < -0.3 is 9.29 Å². The Morgan fingerprint density at radius 3 is 2.70 bits per heavy atom. The molecule has 1 aromatic heterocycles. The maximum Gasteiger partial charge on any atom is 0.0923 e. The van der Waals surface area contributed by atoms with Gasteiger partial charge in [-0.25, -0.2) is 0 Å². The molecule has 1 atom stereocenters. The molecule has 1 unspecified atom stereocenters. The average molecular weight is 278 g/mol. The van der Waals surface area contributed by atoms with E-state index in [-0.39, 0.29) is 6.04 Å². The van der Waals surface area contributed by atoms with Gasteiger partial charge in [-0.1, -0.05) is 55.3 Å². The van der Waals surface area contributed by atoms with E-state index in [1.807, 2.05) is 10.5 Å². The summed E-state index contributed by atoms with van der Waals surface area (Å²) < 4.78 is 1.97. The van der Waals surface area contributed by atoms with Gasteiger partial charge in [0.05, 0.1) is 6.04 Å². The minimum absolute atomic E-state index is 0.135. The number of fused-ring (bicyclic) bond motifs is 2. The van der Waals surface area contributed by atoms with Crippen LogP contribution in [0.25, 0.3) is 17.0 Å². The molecule has 2 aromatic carbocycles. The fraction of sp³-hybridized carbons (Fsp3) is 0.0588. The molecule has 98 valence electrons. The van der Waals surface area contributed by atoms with Crippen LogP contribution in [-0.4, -0.2) is 9.29 Å². The number of H-pyrrole nitrogens is 1. The van der Waals surface area contributed by atoms with Crippen molar-refractivity contribution in [3.8, 4) is 0 Å². The van der Waals surface area contributed by atoms with Gasteiger partial charge >= 0.3 is 0 Å². The van der Waals surface area contributed by atoms with Gasteiger partial charge in [0.15, 0.2) is 0 Å². The number of aromatic nitrogens is 1. The Hall–Kier alpha value is -2.13. The van der Waals surface area contributed by atoms with Gasteiger partial charge in [0.2, 0.25) is 0 Å². The third kappa shape index (κ3) is 1.67. The summed E-state index contributed by atoms with van der Waals surface area (Å²) in [6, 6.07) is 17.0. The van der Waals surface area contributed by atoms with Crippen molar-refractivity contribution in [2.45, 2.75) is 6.04 Å². The van der Waals surface area contributed by atoms with Crippen molar-refractivity contribution >= 4 is 29.8 Å². The normalized spacial score (nSPS) is 17.4. The van der Waals surface area contributed by atoms with Crippen LogP contribution in [0.5, 0.6) is 0 Å².